The van der Waals surface area contributed by atoms with Crippen LogP contribution in [0.4, 0.5) is 5.13 Å². The van der Waals surface area contributed by atoms with Crippen LogP contribution in [0.1, 0.15) is 18.4 Å². The highest BCUT2D eigenvalue weighted by Gasteiger charge is 2.08. The van der Waals surface area contributed by atoms with Crippen LogP contribution in [0.5, 0.6) is 0 Å². The zero-order valence-electron chi connectivity index (χ0n) is 9.90. The van der Waals surface area contributed by atoms with Crippen molar-refractivity contribution >= 4 is 39.6 Å². The third kappa shape index (κ3) is 3.43. The van der Waals surface area contributed by atoms with E-state index >= 15 is 0 Å². The molecule has 1 N–H and O–H groups in total. The summed E-state index contributed by atoms with van der Waals surface area (Å²) in [5.74, 6) is 2.22. The highest BCUT2D eigenvalue weighted by molar-refractivity contribution is 7.98. The molecular formula is C11H15N3S3. The van der Waals surface area contributed by atoms with Gasteiger partial charge in [-0.2, -0.15) is 11.8 Å². The molecule has 3 nitrogen and oxygen atoms in total. The van der Waals surface area contributed by atoms with Crippen molar-refractivity contribution in [1.29, 1.82) is 0 Å². The Morgan fingerprint density at radius 2 is 2.35 bits per heavy atom. The summed E-state index contributed by atoms with van der Waals surface area (Å²) in [6.45, 7) is 2.20. The van der Waals surface area contributed by atoms with E-state index in [1.54, 1.807) is 22.7 Å². The number of nitrogens with zero attached hydrogens (tertiary/aromatic N) is 2. The summed E-state index contributed by atoms with van der Waals surface area (Å²) in [5, 5.41) is 7.27. The van der Waals surface area contributed by atoms with Gasteiger partial charge in [0.05, 0.1) is 10.6 Å². The molecule has 2 aromatic heterocycles. The van der Waals surface area contributed by atoms with Gasteiger partial charge in [0.1, 0.15) is 5.01 Å². The second-order valence-electron chi connectivity index (χ2n) is 3.46. The number of thiazole rings is 2. The Bertz CT molecular complexity index is 464. The lowest BCUT2D eigenvalue weighted by molar-refractivity contribution is 1.10. The third-order valence-electron chi connectivity index (χ3n) is 2.10. The van der Waals surface area contributed by atoms with Crippen LogP contribution in [0.15, 0.2) is 11.6 Å². The summed E-state index contributed by atoms with van der Waals surface area (Å²) >= 11 is 5.31. The van der Waals surface area contributed by atoms with E-state index in [1.807, 2.05) is 25.0 Å². The average Bonchev–Trinajstić information content (AvgIpc) is 2.97. The van der Waals surface area contributed by atoms with Crippen molar-refractivity contribution in [2.24, 2.45) is 0 Å². The molecule has 0 atom stereocenters. The predicted molar refractivity (Wildman–Crippen MR) is 79.2 cm³/mol. The Morgan fingerprint density at radius 3 is 3.06 bits per heavy atom. The molecule has 0 bridgehead atoms. The summed E-state index contributed by atoms with van der Waals surface area (Å²) < 4.78 is 0. The van der Waals surface area contributed by atoms with Gasteiger partial charge < -0.3 is 5.32 Å². The van der Waals surface area contributed by atoms with Crippen molar-refractivity contribution < 1.29 is 0 Å². The lowest BCUT2D eigenvalue weighted by atomic mass is 10.4. The minimum Gasteiger partial charge on any atom is -0.365 e. The number of anilines is 1. The molecule has 2 heterocycles. The van der Waals surface area contributed by atoms with E-state index < -0.39 is 0 Å². The van der Waals surface area contributed by atoms with E-state index in [4.69, 9.17) is 0 Å². The number of hydrogen-bond donors (Lipinski definition) is 1. The fourth-order valence-corrected chi connectivity index (χ4v) is 3.89. The number of nitrogens with one attached hydrogen (secondary N) is 1. The van der Waals surface area contributed by atoms with Gasteiger partial charge in [0.2, 0.25) is 0 Å². The summed E-state index contributed by atoms with van der Waals surface area (Å²) in [6, 6.07) is 0. The van der Waals surface area contributed by atoms with Crippen molar-refractivity contribution in [2.45, 2.75) is 19.1 Å². The quantitative estimate of drug-likeness (QED) is 0.816. The topological polar surface area (TPSA) is 37.8 Å². The SMILES string of the molecule is CCCSCc1ncc(-c2csc(NC)n2)s1. The van der Waals surface area contributed by atoms with Gasteiger partial charge >= 0.3 is 0 Å². The van der Waals surface area contributed by atoms with Gasteiger partial charge in [-0.1, -0.05) is 6.92 Å². The van der Waals surface area contributed by atoms with E-state index in [0.717, 1.165) is 21.5 Å². The van der Waals surface area contributed by atoms with E-state index in [2.05, 4.69) is 27.6 Å². The van der Waals surface area contributed by atoms with E-state index in [1.165, 1.54) is 17.2 Å². The van der Waals surface area contributed by atoms with Crippen molar-refractivity contribution in [3.63, 3.8) is 0 Å². The first-order chi connectivity index (χ1) is 8.33. The van der Waals surface area contributed by atoms with Crippen LogP contribution in [0, 0.1) is 0 Å². The second kappa shape index (κ2) is 6.37. The zero-order valence-corrected chi connectivity index (χ0v) is 12.3. The Balaban J connectivity index is 2.02. The van der Waals surface area contributed by atoms with Crippen LogP contribution in [-0.4, -0.2) is 22.8 Å². The Kier molecular flexibility index (Phi) is 4.82. The Labute approximate surface area is 114 Å². The van der Waals surface area contributed by atoms with E-state index in [9.17, 15) is 0 Å². The molecule has 0 aromatic carbocycles. The molecule has 0 aliphatic carbocycles. The molecule has 0 aliphatic rings. The second-order valence-corrected chi connectivity index (χ2v) is 6.54. The number of thioether (sulfide) groups is 1. The summed E-state index contributed by atoms with van der Waals surface area (Å²) in [5.41, 5.74) is 1.03. The summed E-state index contributed by atoms with van der Waals surface area (Å²) in [7, 11) is 1.89. The largest absolute Gasteiger partial charge is 0.365 e. The minimum absolute atomic E-state index is 0.954. The van der Waals surface area contributed by atoms with Gasteiger partial charge in [0.25, 0.3) is 0 Å². The highest BCUT2D eigenvalue weighted by atomic mass is 32.2. The van der Waals surface area contributed by atoms with Gasteiger partial charge in [-0.05, 0) is 12.2 Å². The van der Waals surface area contributed by atoms with Gasteiger partial charge in [-0.3, -0.25) is 0 Å². The van der Waals surface area contributed by atoms with Crippen LogP contribution in [0.3, 0.4) is 0 Å². The fraction of sp³-hybridized carbons (Fsp3) is 0.455. The smallest absolute Gasteiger partial charge is 0.182 e. The van der Waals surface area contributed by atoms with E-state index in [-0.39, 0.29) is 0 Å². The van der Waals surface area contributed by atoms with Crippen LogP contribution in [0.2, 0.25) is 0 Å². The molecule has 0 saturated carbocycles. The fourth-order valence-electron chi connectivity index (χ4n) is 1.30. The van der Waals surface area contributed by atoms with Crippen molar-refractivity contribution in [3.8, 4) is 10.6 Å². The first kappa shape index (κ1) is 12.9. The molecule has 0 radical (unpaired) electrons. The van der Waals surface area contributed by atoms with Crippen molar-refractivity contribution in [3.05, 3.63) is 16.6 Å². The number of rotatable bonds is 6. The monoisotopic (exact) mass is 285 g/mol. The van der Waals surface area contributed by atoms with Crippen LogP contribution in [-0.2, 0) is 5.75 Å². The molecule has 2 rings (SSSR count). The maximum absolute atomic E-state index is 4.48. The lowest BCUT2D eigenvalue weighted by Gasteiger charge is -1.93. The Morgan fingerprint density at radius 1 is 1.47 bits per heavy atom. The minimum atomic E-state index is 0.954. The van der Waals surface area contributed by atoms with Crippen molar-refractivity contribution in [1.82, 2.24) is 9.97 Å². The third-order valence-corrected chi connectivity index (χ3v) is 5.33. The molecule has 0 saturated heterocycles. The number of hydrogen-bond acceptors (Lipinski definition) is 6. The summed E-state index contributed by atoms with van der Waals surface area (Å²) in [4.78, 5) is 10.1. The Hall–Kier alpha value is -0.590. The van der Waals surface area contributed by atoms with Crippen molar-refractivity contribution in [2.75, 3.05) is 18.1 Å². The van der Waals surface area contributed by atoms with Crippen LogP contribution in [0.25, 0.3) is 10.6 Å². The molecule has 2 aromatic rings. The molecule has 17 heavy (non-hydrogen) atoms. The summed E-state index contributed by atoms with van der Waals surface area (Å²) in [6.07, 6.45) is 3.15. The first-order valence-electron chi connectivity index (χ1n) is 5.49. The molecule has 92 valence electrons. The molecule has 0 unspecified atom stereocenters. The van der Waals surface area contributed by atoms with Gasteiger partial charge in [-0.15, -0.1) is 22.7 Å². The standard InChI is InChI=1S/C11H15N3S3/c1-3-4-15-7-10-13-5-9(17-10)8-6-16-11(12-2)14-8/h5-6H,3-4,7H2,1-2H3,(H,12,14). The zero-order chi connectivity index (χ0) is 12.1. The molecular weight excluding hydrogens is 270 g/mol. The normalized spacial score (nSPS) is 10.7. The first-order valence-corrected chi connectivity index (χ1v) is 8.34. The molecule has 6 heteroatoms. The molecule has 0 fully saturated rings. The predicted octanol–water partition coefficient (Wildman–Crippen LogP) is 3.95. The maximum Gasteiger partial charge on any atom is 0.182 e. The number of aromatic nitrogens is 2. The van der Waals surface area contributed by atoms with E-state index in [0.29, 0.717) is 0 Å². The maximum atomic E-state index is 4.48. The van der Waals surface area contributed by atoms with Crippen LogP contribution < -0.4 is 5.32 Å². The van der Waals surface area contributed by atoms with Gasteiger partial charge in [0.15, 0.2) is 5.13 Å². The average molecular weight is 285 g/mol. The molecule has 0 amide bonds. The van der Waals surface area contributed by atoms with Gasteiger partial charge in [0, 0.05) is 24.4 Å². The highest BCUT2D eigenvalue weighted by Crippen LogP contribution is 2.30. The lowest BCUT2D eigenvalue weighted by Crippen LogP contribution is -1.84. The van der Waals surface area contributed by atoms with Crippen LogP contribution >= 0.6 is 34.4 Å². The molecule has 0 spiro atoms. The molecule has 0 aliphatic heterocycles. The van der Waals surface area contributed by atoms with Gasteiger partial charge in [-0.25, -0.2) is 9.97 Å².